The number of oxazole rings is 1. The Kier molecular flexibility index (Phi) is 5.27. The van der Waals surface area contributed by atoms with Crippen molar-refractivity contribution in [2.24, 2.45) is 0 Å². The van der Waals surface area contributed by atoms with Gasteiger partial charge in [0.25, 0.3) is 5.91 Å². The topological polar surface area (TPSA) is 64.4 Å². The number of aryl methyl sites for hydroxylation is 4. The van der Waals surface area contributed by atoms with Crippen LogP contribution >= 0.6 is 0 Å². The molecule has 152 valence electrons. The van der Waals surface area contributed by atoms with Gasteiger partial charge in [0.2, 0.25) is 5.89 Å². The van der Waals surface area contributed by atoms with Gasteiger partial charge in [0.05, 0.1) is 0 Å². The van der Waals surface area contributed by atoms with E-state index in [1.807, 2.05) is 64.1 Å². The van der Waals surface area contributed by atoms with Crippen LogP contribution in [-0.2, 0) is 4.79 Å². The Hall–Kier alpha value is -3.60. The number of carbonyl (C=O) groups excluding carboxylic acids is 1. The lowest BCUT2D eigenvalue weighted by Gasteiger charge is -2.09. The van der Waals surface area contributed by atoms with Gasteiger partial charge in [0.15, 0.2) is 12.2 Å². The normalized spacial score (nSPS) is 10.9. The maximum atomic E-state index is 12.3. The van der Waals surface area contributed by atoms with Crippen LogP contribution < -0.4 is 10.1 Å². The Bertz CT molecular complexity index is 1220. The second-order valence-electron chi connectivity index (χ2n) is 7.66. The van der Waals surface area contributed by atoms with Crippen molar-refractivity contribution in [3.63, 3.8) is 0 Å². The number of nitrogens with zero attached hydrogens (tertiary/aromatic N) is 1. The summed E-state index contributed by atoms with van der Waals surface area (Å²) < 4.78 is 11.5. The number of benzene rings is 3. The molecule has 1 amide bonds. The minimum atomic E-state index is -0.231. The minimum Gasteiger partial charge on any atom is -0.484 e. The summed E-state index contributed by atoms with van der Waals surface area (Å²) in [4.78, 5) is 16.9. The third-order valence-electron chi connectivity index (χ3n) is 4.99. The average molecular weight is 400 g/mol. The van der Waals surface area contributed by atoms with Crippen molar-refractivity contribution >= 4 is 22.7 Å². The molecule has 5 heteroatoms. The van der Waals surface area contributed by atoms with Crippen LogP contribution in [0.2, 0.25) is 0 Å². The maximum absolute atomic E-state index is 12.3. The number of hydrogen-bond acceptors (Lipinski definition) is 4. The molecule has 4 rings (SSSR count). The van der Waals surface area contributed by atoms with Gasteiger partial charge < -0.3 is 14.5 Å². The van der Waals surface area contributed by atoms with E-state index in [0.717, 1.165) is 22.3 Å². The lowest BCUT2D eigenvalue weighted by atomic mass is 10.1. The molecule has 0 aliphatic heterocycles. The molecule has 3 aromatic carbocycles. The molecule has 1 aromatic heterocycles. The fourth-order valence-corrected chi connectivity index (χ4v) is 3.38. The first-order valence-corrected chi connectivity index (χ1v) is 9.86. The van der Waals surface area contributed by atoms with E-state index in [2.05, 4.69) is 16.4 Å². The zero-order valence-electron chi connectivity index (χ0n) is 17.6. The lowest BCUT2D eigenvalue weighted by molar-refractivity contribution is -0.118. The number of fused-ring (bicyclic) bond motifs is 1. The van der Waals surface area contributed by atoms with Crippen LogP contribution in [0.25, 0.3) is 22.6 Å². The van der Waals surface area contributed by atoms with Gasteiger partial charge in [-0.1, -0.05) is 23.3 Å². The first-order valence-electron chi connectivity index (χ1n) is 9.86. The van der Waals surface area contributed by atoms with Gasteiger partial charge in [-0.25, -0.2) is 4.98 Å². The fraction of sp³-hybridized carbons (Fsp3) is 0.200. The summed E-state index contributed by atoms with van der Waals surface area (Å²) in [6, 6.07) is 17.4. The molecule has 1 N–H and O–H groups in total. The minimum absolute atomic E-state index is 0.0623. The summed E-state index contributed by atoms with van der Waals surface area (Å²) in [7, 11) is 0. The molecular weight excluding hydrogens is 376 g/mol. The molecule has 1 heterocycles. The summed E-state index contributed by atoms with van der Waals surface area (Å²) in [5, 5.41) is 2.85. The van der Waals surface area contributed by atoms with E-state index in [4.69, 9.17) is 9.15 Å². The second-order valence-corrected chi connectivity index (χ2v) is 7.66. The Morgan fingerprint density at radius 3 is 2.43 bits per heavy atom. The number of carbonyl (C=O) groups is 1. The molecule has 4 aromatic rings. The number of ether oxygens (including phenoxy) is 1. The largest absolute Gasteiger partial charge is 0.484 e. The fourth-order valence-electron chi connectivity index (χ4n) is 3.38. The molecule has 30 heavy (non-hydrogen) atoms. The molecule has 0 fully saturated rings. The Morgan fingerprint density at radius 1 is 0.933 bits per heavy atom. The number of rotatable bonds is 5. The van der Waals surface area contributed by atoms with Crippen molar-refractivity contribution in [2.45, 2.75) is 27.7 Å². The van der Waals surface area contributed by atoms with Crippen molar-refractivity contribution in [1.29, 1.82) is 0 Å². The first kappa shape index (κ1) is 19.7. The summed E-state index contributed by atoms with van der Waals surface area (Å²) in [5.41, 5.74) is 7.59. The van der Waals surface area contributed by atoms with Crippen molar-refractivity contribution in [2.75, 3.05) is 11.9 Å². The predicted octanol–water partition coefficient (Wildman–Crippen LogP) is 5.75. The molecule has 0 saturated heterocycles. The van der Waals surface area contributed by atoms with E-state index >= 15 is 0 Å². The van der Waals surface area contributed by atoms with E-state index in [0.29, 0.717) is 28.4 Å². The van der Waals surface area contributed by atoms with E-state index in [1.54, 1.807) is 12.1 Å². The summed E-state index contributed by atoms with van der Waals surface area (Å²) in [5.74, 6) is 1.02. The molecule has 0 bridgehead atoms. The van der Waals surface area contributed by atoms with Crippen LogP contribution in [0.4, 0.5) is 5.69 Å². The molecule has 5 nitrogen and oxygen atoms in total. The Balaban J connectivity index is 1.46. The molecule has 0 spiro atoms. The van der Waals surface area contributed by atoms with Gasteiger partial charge in [-0.05, 0) is 81.3 Å². The molecule has 0 saturated carbocycles. The van der Waals surface area contributed by atoms with Crippen molar-refractivity contribution in [3.8, 4) is 17.2 Å². The van der Waals surface area contributed by atoms with E-state index < -0.39 is 0 Å². The van der Waals surface area contributed by atoms with Crippen LogP contribution in [0.5, 0.6) is 5.75 Å². The highest BCUT2D eigenvalue weighted by Crippen LogP contribution is 2.27. The van der Waals surface area contributed by atoms with Crippen LogP contribution in [-0.4, -0.2) is 17.5 Å². The number of aromatic nitrogens is 1. The van der Waals surface area contributed by atoms with E-state index in [-0.39, 0.29) is 12.5 Å². The van der Waals surface area contributed by atoms with Crippen molar-refractivity contribution < 1.29 is 13.9 Å². The standard InChI is InChI=1S/C25H24N2O3/c1-15-9-16(2)11-19(10-15)25-27-22-13-20(6-8-23(22)30-25)26-24(28)14-29-21-7-5-17(3)18(4)12-21/h5-13H,14H2,1-4H3,(H,26,28). The predicted molar refractivity (Wildman–Crippen MR) is 119 cm³/mol. The number of amides is 1. The monoisotopic (exact) mass is 400 g/mol. The Morgan fingerprint density at radius 2 is 1.70 bits per heavy atom. The first-order chi connectivity index (χ1) is 14.4. The lowest BCUT2D eigenvalue weighted by Crippen LogP contribution is -2.20. The molecule has 0 aliphatic rings. The third-order valence-corrected chi connectivity index (χ3v) is 4.99. The summed E-state index contributed by atoms with van der Waals surface area (Å²) >= 11 is 0. The highest BCUT2D eigenvalue weighted by Gasteiger charge is 2.11. The summed E-state index contributed by atoms with van der Waals surface area (Å²) in [6.07, 6.45) is 0. The van der Waals surface area contributed by atoms with E-state index in [1.165, 1.54) is 5.56 Å². The molecule has 0 radical (unpaired) electrons. The summed E-state index contributed by atoms with van der Waals surface area (Å²) in [6.45, 7) is 8.09. The van der Waals surface area contributed by atoms with E-state index in [9.17, 15) is 4.79 Å². The van der Waals surface area contributed by atoms with Crippen LogP contribution in [0.15, 0.2) is 59.0 Å². The van der Waals surface area contributed by atoms with Crippen molar-refractivity contribution in [3.05, 3.63) is 76.9 Å². The second kappa shape index (κ2) is 8.03. The van der Waals surface area contributed by atoms with Crippen molar-refractivity contribution in [1.82, 2.24) is 4.98 Å². The zero-order valence-corrected chi connectivity index (χ0v) is 17.6. The quantitative estimate of drug-likeness (QED) is 0.463. The van der Waals surface area contributed by atoms with Gasteiger partial charge in [-0.15, -0.1) is 0 Å². The maximum Gasteiger partial charge on any atom is 0.262 e. The van der Waals surface area contributed by atoms with Gasteiger partial charge in [-0.3, -0.25) is 4.79 Å². The van der Waals surface area contributed by atoms with Gasteiger partial charge in [0, 0.05) is 11.3 Å². The Labute approximate surface area is 175 Å². The van der Waals surface area contributed by atoms with Gasteiger partial charge in [0.1, 0.15) is 11.3 Å². The van der Waals surface area contributed by atoms with Crippen LogP contribution in [0.1, 0.15) is 22.3 Å². The highest BCUT2D eigenvalue weighted by atomic mass is 16.5. The van der Waals surface area contributed by atoms with Gasteiger partial charge >= 0.3 is 0 Å². The SMILES string of the molecule is Cc1cc(C)cc(-c2nc3cc(NC(=O)COc4ccc(C)c(C)c4)ccc3o2)c1. The zero-order chi connectivity index (χ0) is 21.3. The molecule has 0 aliphatic carbocycles. The van der Waals surface area contributed by atoms with Crippen LogP contribution in [0.3, 0.4) is 0 Å². The number of anilines is 1. The average Bonchev–Trinajstić information content (AvgIpc) is 3.12. The third kappa shape index (κ3) is 4.35. The van der Waals surface area contributed by atoms with Crippen LogP contribution in [0, 0.1) is 27.7 Å². The number of nitrogens with one attached hydrogen (secondary N) is 1. The van der Waals surface area contributed by atoms with Gasteiger partial charge in [-0.2, -0.15) is 0 Å². The molecular formula is C25H24N2O3. The molecule has 0 unspecified atom stereocenters. The molecule has 0 atom stereocenters. The number of hydrogen-bond donors (Lipinski definition) is 1. The highest BCUT2D eigenvalue weighted by molar-refractivity contribution is 5.94. The smallest absolute Gasteiger partial charge is 0.262 e.